The number of hydrogen-bond donors (Lipinski definition) is 2. The van der Waals surface area contributed by atoms with Gasteiger partial charge in [-0.25, -0.2) is 4.79 Å². The molecule has 1 aromatic carbocycles. The van der Waals surface area contributed by atoms with E-state index in [1.54, 1.807) is 6.07 Å². The molecule has 0 saturated carbocycles. The highest BCUT2D eigenvalue weighted by Gasteiger charge is 2.36. The lowest BCUT2D eigenvalue weighted by molar-refractivity contribution is -0.149. The van der Waals surface area contributed by atoms with Crippen molar-refractivity contribution in [2.24, 2.45) is 0 Å². The number of benzene rings is 1. The summed E-state index contributed by atoms with van der Waals surface area (Å²) in [7, 11) is 0. The lowest BCUT2D eigenvalue weighted by Gasteiger charge is -2.15. The summed E-state index contributed by atoms with van der Waals surface area (Å²) in [6.07, 6.45) is -7.11. The summed E-state index contributed by atoms with van der Waals surface area (Å²) in [6, 6.07) is 3.75. The number of alkyl halides is 3. The van der Waals surface area contributed by atoms with Gasteiger partial charge >= 0.3 is 12.1 Å². The Morgan fingerprint density at radius 2 is 2.00 bits per heavy atom. The van der Waals surface area contributed by atoms with Gasteiger partial charge in [0.05, 0.1) is 17.2 Å². The number of halogens is 3. The molecule has 0 radical (unpaired) electrons. The molecular weight excluding hydrogens is 239 g/mol. The van der Waals surface area contributed by atoms with E-state index in [2.05, 4.69) is 0 Å². The summed E-state index contributed by atoms with van der Waals surface area (Å²) in [4.78, 5) is 10.5. The lowest BCUT2D eigenvalue weighted by atomic mass is 9.99. The van der Waals surface area contributed by atoms with Crippen molar-refractivity contribution in [3.05, 3.63) is 34.9 Å². The molecule has 1 unspecified atom stereocenters. The first kappa shape index (κ1) is 13.0. The van der Waals surface area contributed by atoms with Gasteiger partial charge in [-0.1, -0.05) is 0 Å². The number of hydrogen-bond acceptors (Lipinski definition) is 3. The molecule has 90 valence electrons. The highest BCUT2D eigenvalue weighted by molar-refractivity contribution is 5.75. The van der Waals surface area contributed by atoms with Gasteiger partial charge in [0.1, 0.15) is 0 Å². The summed E-state index contributed by atoms with van der Waals surface area (Å²) in [5.74, 6) is -1.81. The van der Waals surface area contributed by atoms with Gasteiger partial charge < -0.3 is 10.2 Å². The maximum absolute atomic E-state index is 12.5. The first-order valence-electron chi connectivity index (χ1n) is 4.29. The Bertz CT molecular complexity index is 491. The Morgan fingerprint density at radius 3 is 2.41 bits per heavy atom. The minimum Gasteiger partial charge on any atom is -0.479 e. The molecule has 0 aliphatic rings. The first-order valence-corrected chi connectivity index (χ1v) is 4.29. The van der Waals surface area contributed by atoms with Gasteiger partial charge in [-0.05, 0) is 18.2 Å². The number of aliphatic carboxylic acids is 1. The molecule has 0 aromatic heterocycles. The zero-order valence-electron chi connectivity index (χ0n) is 8.19. The summed E-state index contributed by atoms with van der Waals surface area (Å²) in [5, 5.41) is 26.2. The number of aliphatic hydroxyl groups excluding tert-OH is 1. The molecule has 1 atom stereocenters. The van der Waals surface area contributed by atoms with E-state index in [0.29, 0.717) is 12.1 Å². The zero-order valence-corrected chi connectivity index (χ0v) is 8.19. The van der Waals surface area contributed by atoms with Crippen LogP contribution in [0.25, 0.3) is 0 Å². The first-order chi connectivity index (χ1) is 7.77. The molecule has 4 nitrogen and oxygen atoms in total. The SMILES string of the molecule is N#Cc1ccc(C(F)(F)F)c(C(O)C(=O)O)c1. The maximum Gasteiger partial charge on any atom is 0.416 e. The van der Waals surface area contributed by atoms with Crippen LogP contribution in [-0.4, -0.2) is 16.2 Å². The molecule has 0 fully saturated rings. The van der Waals surface area contributed by atoms with Gasteiger partial charge in [-0.15, -0.1) is 0 Å². The second-order valence-corrected chi connectivity index (χ2v) is 3.15. The minimum atomic E-state index is -4.79. The smallest absolute Gasteiger partial charge is 0.416 e. The van der Waals surface area contributed by atoms with Gasteiger partial charge in [0, 0.05) is 5.56 Å². The van der Waals surface area contributed by atoms with E-state index in [-0.39, 0.29) is 5.56 Å². The second-order valence-electron chi connectivity index (χ2n) is 3.15. The van der Waals surface area contributed by atoms with Crippen LogP contribution in [-0.2, 0) is 11.0 Å². The summed E-state index contributed by atoms with van der Waals surface area (Å²) < 4.78 is 37.6. The fourth-order valence-corrected chi connectivity index (χ4v) is 1.25. The zero-order chi connectivity index (χ0) is 13.2. The van der Waals surface area contributed by atoms with Crippen LogP contribution in [0.5, 0.6) is 0 Å². The van der Waals surface area contributed by atoms with Crippen LogP contribution in [0.3, 0.4) is 0 Å². The van der Waals surface area contributed by atoms with Crippen molar-refractivity contribution < 1.29 is 28.2 Å². The van der Waals surface area contributed by atoms with Crippen LogP contribution in [0.4, 0.5) is 13.2 Å². The molecule has 2 N–H and O–H groups in total. The standard InChI is InChI=1S/C10H6F3NO3/c11-10(12,13)7-2-1-5(4-14)3-6(7)8(15)9(16)17/h1-3,8,15H,(H,16,17). The molecule has 1 aromatic rings. The molecule has 0 bridgehead atoms. The van der Waals surface area contributed by atoms with E-state index in [1.807, 2.05) is 0 Å². The quantitative estimate of drug-likeness (QED) is 0.830. The summed E-state index contributed by atoms with van der Waals surface area (Å²) in [6.45, 7) is 0. The molecule has 17 heavy (non-hydrogen) atoms. The van der Waals surface area contributed by atoms with E-state index in [4.69, 9.17) is 15.5 Å². The Kier molecular flexibility index (Phi) is 3.39. The molecule has 0 amide bonds. The molecular formula is C10H6F3NO3. The van der Waals surface area contributed by atoms with Crippen molar-refractivity contribution in [1.82, 2.24) is 0 Å². The number of aliphatic hydroxyl groups is 1. The fourth-order valence-electron chi connectivity index (χ4n) is 1.25. The Morgan fingerprint density at radius 1 is 1.41 bits per heavy atom. The van der Waals surface area contributed by atoms with Gasteiger partial charge in [0.2, 0.25) is 0 Å². The lowest BCUT2D eigenvalue weighted by Crippen LogP contribution is -2.17. The van der Waals surface area contributed by atoms with Crippen molar-refractivity contribution in [2.75, 3.05) is 0 Å². The van der Waals surface area contributed by atoms with Crippen molar-refractivity contribution in [3.63, 3.8) is 0 Å². The highest BCUT2D eigenvalue weighted by atomic mass is 19.4. The molecule has 0 spiro atoms. The monoisotopic (exact) mass is 245 g/mol. The third-order valence-electron chi connectivity index (χ3n) is 2.01. The number of nitrogens with zero attached hydrogens (tertiary/aromatic N) is 1. The minimum absolute atomic E-state index is 0.159. The van der Waals surface area contributed by atoms with Crippen LogP contribution < -0.4 is 0 Å². The van der Waals surface area contributed by atoms with E-state index in [1.165, 1.54) is 0 Å². The highest BCUT2D eigenvalue weighted by Crippen LogP contribution is 2.35. The van der Waals surface area contributed by atoms with Gasteiger partial charge in [-0.2, -0.15) is 18.4 Å². The number of carboxylic acids is 1. The van der Waals surface area contributed by atoms with Crippen molar-refractivity contribution in [3.8, 4) is 6.07 Å². The van der Waals surface area contributed by atoms with E-state index < -0.39 is 29.4 Å². The predicted octanol–water partition coefficient (Wildman–Crippen LogP) is 1.70. The van der Waals surface area contributed by atoms with Crippen LogP contribution >= 0.6 is 0 Å². The predicted molar refractivity (Wildman–Crippen MR) is 48.8 cm³/mol. The number of carbonyl (C=O) groups is 1. The van der Waals surface area contributed by atoms with E-state index >= 15 is 0 Å². The Hall–Kier alpha value is -2.07. The van der Waals surface area contributed by atoms with Crippen LogP contribution in [0.15, 0.2) is 18.2 Å². The average Bonchev–Trinajstić information content (AvgIpc) is 2.25. The largest absolute Gasteiger partial charge is 0.479 e. The second kappa shape index (κ2) is 4.43. The van der Waals surface area contributed by atoms with Crippen molar-refractivity contribution in [1.29, 1.82) is 5.26 Å². The van der Waals surface area contributed by atoms with Gasteiger partial charge in [0.25, 0.3) is 0 Å². The van der Waals surface area contributed by atoms with Crippen molar-refractivity contribution in [2.45, 2.75) is 12.3 Å². The summed E-state index contributed by atoms with van der Waals surface area (Å²) in [5.41, 5.74) is -2.27. The summed E-state index contributed by atoms with van der Waals surface area (Å²) >= 11 is 0. The maximum atomic E-state index is 12.5. The van der Waals surface area contributed by atoms with Crippen LogP contribution in [0, 0.1) is 11.3 Å². The molecule has 0 saturated heterocycles. The third kappa shape index (κ3) is 2.73. The number of rotatable bonds is 2. The van der Waals surface area contributed by atoms with E-state index in [0.717, 1.165) is 6.07 Å². The molecule has 0 aliphatic heterocycles. The third-order valence-corrected chi connectivity index (χ3v) is 2.01. The topological polar surface area (TPSA) is 81.3 Å². The number of carboxylic acid groups (broad SMARTS) is 1. The molecule has 7 heteroatoms. The molecule has 0 aliphatic carbocycles. The molecule has 0 heterocycles. The van der Waals surface area contributed by atoms with Gasteiger partial charge in [-0.3, -0.25) is 0 Å². The normalized spacial score (nSPS) is 12.9. The molecule has 1 rings (SSSR count). The fraction of sp³-hybridized carbons (Fsp3) is 0.200. The average molecular weight is 245 g/mol. The Balaban J connectivity index is 3.42. The van der Waals surface area contributed by atoms with Crippen molar-refractivity contribution >= 4 is 5.97 Å². The van der Waals surface area contributed by atoms with Crippen LogP contribution in [0.2, 0.25) is 0 Å². The van der Waals surface area contributed by atoms with E-state index in [9.17, 15) is 18.0 Å². The van der Waals surface area contributed by atoms with Crippen LogP contribution in [0.1, 0.15) is 22.8 Å². The van der Waals surface area contributed by atoms with Gasteiger partial charge in [0.15, 0.2) is 6.10 Å². The Labute approximate surface area is 93.5 Å². The number of nitriles is 1.